The van der Waals surface area contributed by atoms with Crippen LogP contribution < -0.4 is 0 Å². The summed E-state index contributed by atoms with van der Waals surface area (Å²) < 4.78 is 0. The summed E-state index contributed by atoms with van der Waals surface area (Å²) in [6, 6.07) is 0. The van der Waals surface area contributed by atoms with Gasteiger partial charge in [0.1, 0.15) is 5.60 Å². The van der Waals surface area contributed by atoms with Crippen molar-refractivity contribution in [3.8, 4) is 11.8 Å². The second-order valence-electron chi connectivity index (χ2n) is 4.35. The van der Waals surface area contributed by atoms with Crippen molar-refractivity contribution in [3.05, 3.63) is 0 Å². The van der Waals surface area contributed by atoms with Gasteiger partial charge in [0.15, 0.2) is 0 Å². The Morgan fingerprint density at radius 1 is 1.15 bits per heavy atom. The largest absolute Gasteiger partial charge is 0.392 e. The zero-order valence-electron chi connectivity index (χ0n) is 9.13. The molecule has 0 aliphatic heterocycles. The van der Waals surface area contributed by atoms with Crippen molar-refractivity contribution in [1.82, 2.24) is 0 Å². The fourth-order valence-corrected chi connectivity index (χ4v) is 0.953. The fourth-order valence-electron chi connectivity index (χ4n) is 0.953. The van der Waals surface area contributed by atoms with Crippen molar-refractivity contribution < 1.29 is 10.2 Å². The maximum atomic E-state index is 9.61. The predicted molar refractivity (Wildman–Crippen MR) is 54.1 cm³/mol. The first-order chi connectivity index (χ1) is 5.74. The maximum absolute atomic E-state index is 9.61. The molecule has 0 fully saturated rings. The van der Waals surface area contributed by atoms with E-state index in [4.69, 9.17) is 0 Å². The van der Waals surface area contributed by atoms with E-state index in [0.29, 0.717) is 0 Å². The Bertz CT molecular complexity index is 202. The summed E-state index contributed by atoms with van der Waals surface area (Å²) in [5.74, 6) is 5.67. The van der Waals surface area contributed by atoms with E-state index < -0.39 is 11.7 Å². The normalized spacial score (nSPS) is 16.3. The van der Waals surface area contributed by atoms with Gasteiger partial charge in [-0.3, -0.25) is 0 Å². The van der Waals surface area contributed by atoms with Crippen molar-refractivity contribution in [3.63, 3.8) is 0 Å². The highest BCUT2D eigenvalue weighted by Crippen LogP contribution is 2.11. The Labute approximate surface area is 81.0 Å². The number of aliphatic hydroxyl groups excluding tert-OH is 1. The smallest absolute Gasteiger partial charge is 0.119 e. The first kappa shape index (κ1) is 12.5. The molecule has 2 N–H and O–H groups in total. The Morgan fingerprint density at radius 2 is 1.62 bits per heavy atom. The zero-order valence-corrected chi connectivity index (χ0v) is 9.13. The Hall–Kier alpha value is -0.520. The molecule has 0 aliphatic carbocycles. The van der Waals surface area contributed by atoms with Crippen molar-refractivity contribution in [2.75, 3.05) is 0 Å². The minimum absolute atomic E-state index is 0.0913. The van der Waals surface area contributed by atoms with Crippen LogP contribution in [0.3, 0.4) is 0 Å². The van der Waals surface area contributed by atoms with Crippen LogP contribution in [0.15, 0.2) is 0 Å². The minimum atomic E-state index is -0.967. The molecule has 2 atom stereocenters. The summed E-state index contributed by atoms with van der Waals surface area (Å²) in [5.41, 5.74) is -0.967. The van der Waals surface area contributed by atoms with Crippen LogP contribution in [0.4, 0.5) is 0 Å². The third-order valence-electron chi connectivity index (χ3n) is 1.80. The van der Waals surface area contributed by atoms with E-state index in [-0.39, 0.29) is 11.8 Å². The molecule has 2 heteroatoms. The zero-order chi connectivity index (χ0) is 10.6. The van der Waals surface area contributed by atoms with Gasteiger partial charge in [-0.2, -0.15) is 0 Å². The molecule has 0 amide bonds. The number of aliphatic hydroxyl groups is 2. The Balaban J connectivity index is 4.27. The summed E-state index contributed by atoms with van der Waals surface area (Å²) in [5, 5.41) is 18.9. The molecule has 76 valence electrons. The van der Waals surface area contributed by atoms with E-state index in [0.717, 1.165) is 0 Å². The molecule has 13 heavy (non-hydrogen) atoms. The number of hydrogen-bond donors (Lipinski definition) is 2. The maximum Gasteiger partial charge on any atom is 0.119 e. The molecule has 0 rings (SSSR count). The molecule has 0 aromatic rings. The van der Waals surface area contributed by atoms with E-state index in [1.807, 2.05) is 20.8 Å². The molecular formula is C11H20O2. The lowest BCUT2D eigenvalue weighted by atomic mass is 9.94. The summed E-state index contributed by atoms with van der Waals surface area (Å²) in [6.45, 7) is 9.03. The van der Waals surface area contributed by atoms with Crippen LogP contribution in [0.2, 0.25) is 0 Å². The molecular weight excluding hydrogens is 164 g/mol. The van der Waals surface area contributed by atoms with Crippen LogP contribution in [-0.4, -0.2) is 21.9 Å². The lowest BCUT2D eigenvalue weighted by molar-refractivity contribution is 0.0938. The van der Waals surface area contributed by atoms with E-state index in [2.05, 4.69) is 11.8 Å². The van der Waals surface area contributed by atoms with Gasteiger partial charge < -0.3 is 10.2 Å². The molecule has 0 saturated carbocycles. The van der Waals surface area contributed by atoms with Gasteiger partial charge in [-0.1, -0.05) is 25.7 Å². The van der Waals surface area contributed by atoms with Crippen LogP contribution in [0.5, 0.6) is 0 Å². The molecule has 0 saturated heterocycles. The average molecular weight is 184 g/mol. The highest BCUT2D eigenvalue weighted by molar-refractivity contribution is 5.13. The third-order valence-corrected chi connectivity index (χ3v) is 1.80. The molecule has 0 spiro atoms. The SMILES string of the molecule is CC(C)C(O)C(C)C#CC(C)(C)O. The highest BCUT2D eigenvalue weighted by atomic mass is 16.3. The fraction of sp³-hybridized carbons (Fsp3) is 0.818. The topological polar surface area (TPSA) is 40.5 Å². The first-order valence-corrected chi connectivity index (χ1v) is 4.67. The minimum Gasteiger partial charge on any atom is -0.392 e. The van der Waals surface area contributed by atoms with Crippen LogP contribution in [-0.2, 0) is 0 Å². The average Bonchev–Trinajstić information content (AvgIpc) is 1.97. The van der Waals surface area contributed by atoms with Gasteiger partial charge in [0.2, 0.25) is 0 Å². The van der Waals surface area contributed by atoms with Gasteiger partial charge in [-0.15, -0.1) is 0 Å². The Morgan fingerprint density at radius 3 is 1.92 bits per heavy atom. The second-order valence-corrected chi connectivity index (χ2v) is 4.35. The number of rotatable bonds is 2. The van der Waals surface area contributed by atoms with Crippen LogP contribution >= 0.6 is 0 Å². The van der Waals surface area contributed by atoms with E-state index in [1.54, 1.807) is 13.8 Å². The molecule has 0 bridgehead atoms. The summed E-state index contributed by atoms with van der Waals surface area (Å²) in [6.07, 6.45) is -0.421. The van der Waals surface area contributed by atoms with Gasteiger partial charge in [0, 0.05) is 5.92 Å². The predicted octanol–water partition coefficient (Wildman–Crippen LogP) is 1.41. The van der Waals surface area contributed by atoms with Gasteiger partial charge in [0.05, 0.1) is 6.10 Å². The van der Waals surface area contributed by atoms with Gasteiger partial charge in [0.25, 0.3) is 0 Å². The van der Waals surface area contributed by atoms with E-state index >= 15 is 0 Å². The molecule has 2 nitrogen and oxygen atoms in total. The first-order valence-electron chi connectivity index (χ1n) is 4.67. The quantitative estimate of drug-likeness (QED) is 0.637. The van der Waals surface area contributed by atoms with Crippen molar-refractivity contribution >= 4 is 0 Å². The van der Waals surface area contributed by atoms with Gasteiger partial charge in [-0.25, -0.2) is 0 Å². The van der Waals surface area contributed by atoms with Crippen molar-refractivity contribution in [2.24, 2.45) is 11.8 Å². The Kier molecular flexibility index (Phi) is 4.46. The lowest BCUT2D eigenvalue weighted by Gasteiger charge is -2.18. The van der Waals surface area contributed by atoms with Crippen molar-refractivity contribution in [1.29, 1.82) is 0 Å². The summed E-state index contributed by atoms with van der Waals surface area (Å²) >= 11 is 0. The standard InChI is InChI=1S/C11H20O2/c1-8(2)10(12)9(3)6-7-11(4,5)13/h8-10,12-13H,1-5H3. The summed E-state index contributed by atoms with van der Waals surface area (Å²) in [7, 11) is 0. The monoisotopic (exact) mass is 184 g/mol. The van der Waals surface area contributed by atoms with Crippen LogP contribution in [0, 0.1) is 23.7 Å². The second kappa shape index (κ2) is 4.64. The number of hydrogen-bond acceptors (Lipinski definition) is 2. The van der Waals surface area contributed by atoms with E-state index in [9.17, 15) is 10.2 Å². The van der Waals surface area contributed by atoms with Crippen molar-refractivity contribution in [2.45, 2.75) is 46.3 Å². The van der Waals surface area contributed by atoms with Gasteiger partial charge in [-0.05, 0) is 26.7 Å². The molecule has 0 aliphatic rings. The molecule has 0 aromatic heterocycles. The molecule has 2 unspecified atom stereocenters. The third kappa shape index (κ3) is 5.68. The van der Waals surface area contributed by atoms with Gasteiger partial charge >= 0.3 is 0 Å². The molecule has 0 heterocycles. The van der Waals surface area contributed by atoms with E-state index in [1.165, 1.54) is 0 Å². The lowest BCUT2D eigenvalue weighted by Crippen LogP contribution is -2.23. The van der Waals surface area contributed by atoms with Crippen LogP contribution in [0.25, 0.3) is 0 Å². The summed E-state index contributed by atoms with van der Waals surface area (Å²) in [4.78, 5) is 0. The molecule has 0 radical (unpaired) electrons. The van der Waals surface area contributed by atoms with Crippen LogP contribution in [0.1, 0.15) is 34.6 Å². The highest BCUT2D eigenvalue weighted by Gasteiger charge is 2.16. The molecule has 0 aromatic carbocycles.